The van der Waals surface area contributed by atoms with Gasteiger partial charge in [0.05, 0.1) is 0 Å². The van der Waals surface area contributed by atoms with Crippen LogP contribution in [0, 0.1) is 11.8 Å². The van der Waals surface area contributed by atoms with Gasteiger partial charge in [0.15, 0.2) is 0 Å². The van der Waals surface area contributed by atoms with Crippen LogP contribution in [0.3, 0.4) is 0 Å². The molecule has 1 unspecified atom stereocenters. The maximum Gasteiger partial charge on any atom is 0.0483 e. The Morgan fingerprint density at radius 3 is 2.72 bits per heavy atom. The number of hydrogen-bond acceptors (Lipinski definition) is 1. The smallest absolute Gasteiger partial charge is 0.0483 e. The lowest BCUT2D eigenvalue weighted by Crippen LogP contribution is -2.01. The summed E-state index contributed by atoms with van der Waals surface area (Å²) in [4.78, 5) is 2.90. The molecule has 0 bridgehead atoms. The van der Waals surface area contributed by atoms with Crippen molar-refractivity contribution in [1.82, 2.24) is 0 Å². The van der Waals surface area contributed by atoms with Gasteiger partial charge in [-0.2, -0.15) is 0 Å². The second-order valence-electron chi connectivity index (χ2n) is 4.23. The van der Waals surface area contributed by atoms with Crippen LogP contribution in [-0.4, -0.2) is 6.04 Å². The third-order valence-electron chi connectivity index (χ3n) is 2.70. The molecule has 1 aromatic rings. The third-order valence-corrected chi connectivity index (χ3v) is 2.70. The normalized spacial score (nSPS) is 10.9. The van der Waals surface area contributed by atoms with E-state index in [1.54, 1.807) is 0 Å². The van der Waals surface area contributed by atoms with Crippen molar-refractivity contribution in [2.24, 2.45) is 5.11 Å². The molecular weight excluding hydrogens is 222 g/mol. The van der Waals surface area contributed by atoms with Crippen LogP contribution in [0.25, 0.3) is 10.4 Å². The molecule has 0 N–H and O–H groups in total. The summed E-state index contributed by atoms with van der Waals surface area (Å²) in [6, 6.07) is 9.88. The van der Waals surface area contributed by atoms with Crippen LogP contribution >= 0.6 is 0 Å². The van der Waals surface area contributed by atoms with Crippen molar-refractivity contribution in [2.75, 3.05) is 0 Å². The number of unbranched alkanes of at least 4 members (excludes halogenated alkanes) is 2. The fraction of sp³-hybridized carbons (Fsp3) is 0.467. The van der Waals surface area contributed by atoms with Gasteiger partial charge in [-0.25, -0.2) is 0 Å². The number of nitrogens with zero attached hydrogens (tertiary/aromatic N) is 3. The molecule has 0 aliphatic heterocycles. The summed E-state index contributed by atoms with van der Waals surface area (Å²) < 4.78 is 0. The summed E-state index contributed by atoms with van der Waals surface area (Å²) in [6.07, 6.45) is 5.04. The molecule has 0 saturated carbocycles. The summed E-state index contributed by atoms with van der Waals surface area (Å²) in [7, 11) is 0. The van der Waals surface area contributed by atoms with Crippen molar-refractivity contribution in [3.05, 3.63) is 46.3 Å². The molecule has 1 atom stereocenters. The van der Waals surface area contributed by atoms with E-state index in [1.165, 1.54) is 12.8 Å². The molecule has 3 heteroatoms. The lowest BCUT2D eigenvalue weighted by atomic mass is 10.1. The van der Waals surface area contributed by atoms with Crippen molar-refractivity contribution in [1.29, 1.82) is 0 Å². The lowest BCUT2D eigenvalue weighted by molar-refractivity contribution is 0.567. The Bertz CT molecular complexity index is 436. The highest BCUT2D eigenvalue weighted by Gasteiger charge is 2.03. The molecule has 0 radical (unpaired) electrons. The van der Waals surface area contributed by atoms with Crippen molar-refractivity contribution in [3.8, 4) is 11.8 Å². The Balaban J connectivity index is 2.47. The highest BCUT2D eigenvalue weighted by molar-refractivity contribution is 5.33. The topological polar surface area (TPSA) is 48.8 Å². The Morgan fingerprint density at radius 1 is 1.28 bits per heavy atom. The molecule has 1 rings (SSSR count). The molecule has 0 aromatic heterocycles. The summed E-state index contributed by atoms with van der Waals surface area (Å²) in [5, 5.41) is 3.81. The quantitative estimate of drug-likeness (QED) is 0.228. The van der Waals surface area contributed by atoms with Crippen LogP contribution in [0.1, 0.15) is 44.6 Å². The molecule has 18 heavy (non-hydrogen) atoms. The van der Waals surface area contributed by atoms with E-state index in [9.17, 15) is 0 Å². The molecule has 0 saturated heterocycles. The van der Waals surface area contributed by atoms with Crippen LogP contribution in [0.5, 0.6) is 0 Å². The summed E-state index contributed by atoms with van der Waals surface area (Å²) in [6.45, 7) is 2.16. The van der Waals surface area contributed by atoms with Crippen LogP contribution in [0.15, 0.2) is 35.4 Å². The van der Waals surface area contributed by atoms with E-state index in [4.69, 9.17) is 5.53 Å². The first-order chi connectivity index (χ1) is 8.86. The van der Waals surface area contributed by atoms with Crippen LogP contribution < -0.4 is 0 Å². The zero-order valence-electron chi connectivity index (χ0n) is 10.8. The standard InChI is InChI=1S/C15H19N3/c1-2-3-5-12-15(17-18-16)13-8-11-14-9-6-4-7-10-14/h4,6-7,9-10,15H,2-3,5,12-13H2,1H3. The van der Waals surface area contributed by atoms with Crippen LogP contribution in [0.4, 0.5) is 0 Å². The minimum absolute atomic E-state index is 0.0118. The second-order valence-corrected chi connectivity index (χ2v) is 4.23. The molecule has 0 heterocycles. The Labute approximate surface area is 109 Å². The first kappa shape index (κ1) is 14.2. The summed E-state index contributed by atoms with van der Waals surface area (Å²) in [5.74, 6) is 6.19. The van der Waals surface area contributed by atoms with Gasteiger partial charge in [0.25, 0.3) is 0 Å². The molecule has 0 amide bonds. The van der Waals surface area contributed by atoms with E-state index >= 15 is 0 Å². The fourth-order valence-corrected chi connectivity index (χ4v) is 1.70. The van der Waals surface area contributed by atoms with Gasteiger partial charge in [-0.3, -0.25) is 0 Å². The maximum absolute atomic E-state index is 8.52. The Hall–Kier alpha value is -1.91. The highest BCUT2D eigenvalue weighted by atomic mass is 15.1. The Kier molecular flexibility index (Phi) is 7.20. The predicted octanol–water partition coefficient (Wildman–Crippen LogP) is 4.69. The van der Waals surface area contributed by atoms with E-state index < -0.39 is 0 Å². The number of benzene rings is 1. The third kappa shape index (κ3) is 5.98. The van der Waals surface area contributed by atoms with E-state index in [1.807, 2.05) is 30.3 Å². The van der Waals surface area contributed by atoms with Crippen molar-refractivity contribution in [2.45, 2.75) is 45.1 Å². The summed E-state index contributed by atoms with van der Waals surface area (Å²) in [5.41, 5.74) is 9.53. The lowest BCUT2D eigenvalue weighted by Gasteiger charge is -2.05. The predicted molar refractivity (Wildman–Crippen MR) is 75.0 cm³/mol. The molecule has 1 aromatic carbocycles. The zero-order valence-corrected chi connectivity index (χ0v) is 10.8. The molecule has 3 nitrogen and oxygen atoms in total. The van der Waals surface area contributed by atoms with E-state index in [0.29, 0.717) is 6.42 Å². The van der Waals surface area contributed by atoms with E-state index in [0.717, 1.165) is 18.4 Å². The maximum atomic E-state index is 8.52. The summed E-state index contributed by atoms with van der Waals surface area (Å²) >= 11 is 0. The minimum atomic E-state index is 0.0118. The molecule has 0 aliphatic carbocycles. The average molecular weight is 241 g/mol. The SMILES string of the molecule is CCCCCC(CC#Cc1ccccc1)N=[N+]=[N-]. The first-order valence-corrected chi connectivity index (χ1v) is 6.45. The second kappa shape index (κ2) is 9.15. The van der Waals surface area contributed by atoms with Gasteiger partial charge >= 0.3 is 0 Å². The van der Waals surface area contributed by atoms with Crippen molar-refractivity contribution >= 4 is 0 Å². The number of hydrogen-bond donors (Lipinski definition) is 0. The Morgan fingerprint density at radius 2 is 2.06 bits per heavy atom. The molecule has 0 fully saturated rings. The van der Waals surface area contributed by atoms with Crippen molar-refractivity contribution in [3.63, 3.8) is 0 Å². The monoisotopic (exact) mass is 241 g/mol. The van der Waals surface area contributed by atoms with Gasteiger partial charge in [0.2, 0.25) is 0 Å². The van der Waals surface area contributed by atoms with Gasteiger partial charge < -0.3 is 0 Å². The van der Waals surface area contributed by atoms with Gasteiger partial charge in [0, 0.05) is 22.9 Å². The number of rotatable bonds is 6. The molecule has 0 aliphatic rings. The van der Waals surface area contributed by atoms with Gasteiger partial charge in [-0.15, -0.1) is 0 Å². The molecular formula is C15H19N3. The van der Waals surface area contributed by atoms with Gasteiger partial charge in [-0.1, -0.05) is 61.3 Å². The van der Waals surface area contributed by atoms with Gasteiger partial charge in [0.1, 0.15) is 0 Å². The van der Waals surface area contributed by atoms with E-state index in [2.05, 4.69) is 28.8 Å². The molecule has 94 valence electrons. The van der Waals surface area contributed by atoms with E-state index in [-0.39, 0.29) is 6.04 Å². The number of azide groups is 1. The first-order valence-electron chi connectivity index (χ1n) is 6.45. The average Bonchev–Trinajstić information content (AvgIpc) is 2.40. The highest BCUT2D eigenvalue weighted by Crippen LogP contribution is 2.10. The van der Waals surface area contributed by atoms with Crippen LogP contribution in [0.2, 0.25) is 0 Å². The van der Waals surface area contributed by atoms with Crippen molar-refractivity contribution < 1.29 is 0 Å². The van der Waals surface area contributed by atoms with Crippen LogP contribution in [-0.2, 0) is 0 Å². The largest absolute Gasteiger partial charge is 0.0975 e. The van der Waals surface area contributed by atoms with Gasteiger partial charge in [-0.05, 0) is 24.1 Å². The minimum Gasteiger partial charge on any atom is -0.0975 e. The molecule has 0 spiro atoms. The zero-order chi connectivity index (χ0) is 13.1. The fourth-order valence-electron chi connectivity index (χ4n) is 1.70.